The fraction of sp³-hybridized carbons (Fsp3) is 0.533. The molecular weight excluding hydrogens is 248 g/mol. The number of Topliss-reactive ketones (excluding diaryl/α,β-unsaturated/α-hetero) is 1. The van der Waals surface area contributed by atoms with Crippen LogP contribution in [0.1, 0.15) is 18.4 Å². The zero-order valence-electron chi connectivity index (χ0n) is 10.2. The average Bonchev–Trinajstić information content (AvgIpc) is 2.82. The number of halogens is 1. The van der Waals surface area contributed by atoms with Crippen LogP contribution in [0, 0.1) is 17.8 Å². The molecule has 2 saturated carbocycles. The third-order valence-electron chi connectivity index (χ3n) is 4.24. The Kier molecular flexibility index (Phi) is 3.40. The molecule has 1 aromatic carbocycles. The number of ketones is 1. The van der Waals surface area contributed by atoms with Gasteiger partial charge in [-0.05, 0) is 23.8 Å². The van der Waals surface area contributed by atoms with Crippen LogP contribution in [0.15, 0.2) is 30.3 Å². The first kappa shape index (κ1) is 12.2. The highest BCUT2D eigenvalue weighted by atomic mass is 35.5. The minimum absolute atomic E-state index is 0.0431. The smallest absolute Gasteiger partial charge is 0.138 e. The summed E-state index contributed by atoms with van der Waals surface area (Å²) in [6.45, 7) is 1.29. The van der Waals surface area contributed by atoms with Crippen molar-refractivity contribution in [1.29, 1.82) is 0 Å². The van der Waals surface area contributed by atoms with Gasteiger partial charge in [0.2, 0.25) is 0 Å². The second kappa shape index (κ2) is 5.02. The molecule has 0 aromatic heterocycles. The van der Waals surface area contributed by atoms with E-state index in [4.69, 9.17) is 16.3 Å². The lowest BCUT2D eigenvalue weighted by Crippen LogP contribution is -2.23. The molecule has 0 aliphatic heterocycles. The summed E-state index contributed by atoms with van der Waals surface area (Å²) in [5.41, 5.74) is 1.18. The molecule has 1 unspecified atom stereocenters. The van der Waals surface area contributed by atoms with Gasteiger partial charge in [0.15, 0.2) is 0 Å². The molecule has 0 N–H and O–H groups in total. The van der Waals surface area contributed by atoms with Crippen molar-refractivity contribution in [2.45, 2.75) is 24.8 Å². The summed E-state index contributed by atoms with van der Waals surface area (Å²) >= 11 is 6.22. The van der Waals surface area contributed by atoms with Gasteiger partial charge in [0, 0.05) is 17.7 Å². The third-order valence-corrected chi connectivity index (χ3v) is 4.69. The third kappa shape index (κ3) is 2.19. The van der Waals surface area contributed by atoms with Crippen molar-refractivity contribution >= 4 is 17.4 Å². The van der Waals surface area contributed by atoms with E-state index >= 15 is 0 Å². The number of hydrogen-bond acceptors (Lipinski definition) is 2. The predicted molar refractivity (Wildman–Crippen MR) is 70.5 cm³/mol. The predicted octanol–water partition coefficient (Wildman–Crippen LogP) is 3.04. The number of benzene rings is 1. The second-order valence-corrected chi connectivity index (χ2v) is 5.93. The van der Waals surface area contributed by atoms with Gasteiger partial charge in [-0.3, -0.25) is 4.79 Å². The highest BCUT2D eigenvalue weighted by molar-refractivity contribution is 6.23. The monoisotopic (exact) mass is 264 g/mol. The molecular formula is C15H17ClO2. The topological polar surface area (TPSA) is 26.3 Å². The Morgan fingerprint density at radius 3 is 2.72 bits per heavy atom. The first-order valence-corrected chi connectivity index (χ1v) is 6.98. The van der Waals surface area contributed by atoms with Crippen LogP contribution in [-0.4, -0.2) is 17.8 Å². The van der Waals surface area contributed by atoms with E-state index in [0.29, 0.717) is 37.3 Å². The van der Waals surface area contributed by atoms with Gasteiger partial charge in [-0.2, -0.15) is 0 Å². The SMILES string of the molecule is O=C1C[C@H]2C[C@H](Cl)[C@@H]1C2COCc1ccccc1. The van der Waals surface area contributed by atoms with E-state index in [9.17, 15) is 4.79 Å². The molecule has 0 saturated heterocycles. The molecule has 2 aliphatic carbocycles. The van der Waals surface area contributed by atoms with Crippen molar-refractivity contribution in [3.8, 4) is 0 Å². The van der Waals surface area contributed by atoms with E-state index < -0.39 is 0 Å². The van der Waals surface area contributed by atoms with Gasteiger partial charge in [0.25, 0.3) is 0 Å². The number of alkyl halides is 1. The van der Waals surface area contributed by atoms with Gasteiger partial charge < -0.3 is 4.74 Å². The van der Waals surface area contributed by atoms with Crippen LogP contribution in [-0.2, 0) is 16.1 Å². The molecule has 0 radical (unpaired) electrons. The van der Waals surface area contributed by atoms with Gasteiger partial charge >= 0.3 is 0 Å². The van der Waals surface area contributed by atoms with Gasteiger partial charge in [0.05, 0.1) is 13.2 Å². The molecule has 0 amide bonds. The maximum absolute atomic E-state index is 11.7. The van der Waals surface area contributed by atoms with E-state index in [2.05, 4.69) is 12.1 Å². The molecule has 1 aromatic rings. The summed E-state index contributed by atoms with van der Waals surface area (Å²) in [6.07, 6.45) is 1.70. The molecule has 2 fully saturated rings. The highest BCUT2D eigenvalue weighted by Gasteiger charge is 2.52. The molecule has 4 atom stereocenters. The average molecular weight is 265 g/mol. The Balaban J connectivity index is 1.54. The number of hydrogen-bond donors (Lipinski definition) is 0. The molecule has 3 heteroatoms. The van der Waals surface area contributed by atoms with Crippen molar-refractivity contribution in [1.82, 2.24) is 0 Å². The summed E-state index contributed by atoms with van der Waals surface area (Å²) in [4.78, 5) is 11.7. The normalized spacial score (nSPS) is 34.2. The van der Waals surface area contributed by atoms with Crippen LogP contribution < -0.4 is 0 Å². The molecule has 2 bridgehead atoms. The number of rotatable bonds is 4. The van der Waals surface area contributed by atoms with Crippen LogP contribution >= 0.6 is 11.6 Å². The lowest BCUT2D eigenvalue weighted by molar-refractivity contribution is -0.122. The number of fused-ring (bicyclic) bond motifs is 2. The summed E-state index contributed by atoms with van der Waals surface area (Å²) in [7, 11) is 0. The van der Waals surface area contributed by atoms with Gasteiger partial charge in [-0.15, -0.1) is 11.6 Å². The lowest BCUT2D eigenvalue weighted by Gasteiger charge is -2.15. The molecule has 2 aliphatic rings. The van der Waals surface area contributed by atoms with Crippen LogP contribution in [0.2, 0.25) is 0 Å². The van der Waals surface area contributed by atoms with Crippen molar-refractivity contribution in [3.63, 3.8) is 0 Å². The molecule has 0 heterocycles. The fourth-order valence-corrected chi connectivity index (χ4v) is 3.92. The van der Waals surface area contributed by atoms with E-state index in [0.717, 1.165) is 6.42 Å². The van der Waals surface area contributed by atoms with E-state index in [1.54, 1.807) is 0 Å². The highest BCUT2D eigenvalue weighted by Crippen LogP contribution is 2.49. The maximum Gasteiger partial charge on any atom is 0.138 e. The minimum atomic E-state index is 0.0431. The van der Waals surface area contributed by atoms with Crippen LogP contribution in [0.4, 0.5) is 0 Å². The summed E-state index contributed by atoms with van der Waals surface area (Å²) in [5, 5.41) is 0.0431. The Bertz CT molecular complexity index is 431. The Morgan fingerprint density at radius 2 is 2.06 bits per heavy atom. The largest absolute Gasteiger partial charge is 0.376 e. The first-order chi connectivity index (χ1) is 8.75. The van der Waals surface area contributed by atoms with Crippen molar-refractivity contribution in [2.75, 3.05) is 6.61 Å². The fourth-order valence-electron chi connectivity index (χ4n) is 3.37. The molecule has 96 valence electrons. The van der Waals surface area contributed by atoms with Crippen molar-refractivity contribution < 1.29 is 9.53 Å². The quantitative estimate of drug-likeness (QED) is 0.782. The Labute approximate surface area is 112 Å². The minimum Gasteiger partial charge on any atom is -0.376 e. The second-order valence-electron chi connectivity index (χ2n) is 5.37. The van der Waals surface area contributed by atoms with Gasteiger partial charge in [-0.1, -0.05) is 30.3 Å². The maximum atomic E-state index is 11.7. The van der Waals surface area contributed by atoms with E-state index in [1.807, 2.05) is 18.2 Å². The summed E-state index contributed by atoms with van der Waals surface area (Å²) in [6, 6.07) is 10.1. The van der Waals surface area contributed by atoms with Crippen LogP contribution in [0.5, 0.6) is 0 Å². The first-order valence-electron chi connectivity index (χ1n) is 6.54. The standard InChI is InChI=1S/C15H17ClO2/c16-13-6-11-7-14(17)15(13)12(11)9-18-8-10-4-2-1-3-5-10/h1-5,11-13,15H,6-9H2/t11-,12?,13+,15+/m1/s1. The molecule has 18 heavy (non-hydrogen) atoms. The van der Waals surface area contributed by atoms with Crippen molar-refractivity contribution in [2.24, 2.45) is 17.8 Å². The zero-order chi connectivity index (χ0) is 12.5. The lowest BCUT2D eigenvalue weighted by atomic mass is 9.98. The molecule has 0 spiro atoms. The summed E-state index contributed by atoms with van der Waals surface area (Å²) < 4.78 is 5.77. The summed E-state index contributed by atoms with van der Waals surface area (Å²) in [5.74, 6) is 1.21. The molecule has 2 nitrogen and oxygen atoms in total. The Morgan fingerprint density at radius 1 is 1.28 bits per heavy atom. The molecule has 3 rings (SSSR count). The van der Waals surface area contributed by atoms with Crippen LogP contribution in [0.3, 0.4) is 0 Å². The van der Waals surface area contributed by atoms with Gasteiger partial charge in [0.1, 0.15) is 5.78 Å². The Hall–Kier alpha value is -0.860. The van der Waals surface area contributed by atoms with Crippen molar-refractivity contribution in [3.05, 3.63) is 35.9 Å². The number of carbonyl (C=O) groups excluding carboxylic acids is 1. The number of ether oxygens (including phenoxy) is 1. The zero-order valence-corrected chi connectivity index (χ0v) is 11.0. The number of carbonyl (C=O) groups is 1. The van der Waals surface area contributed by atoms with Crippen LogP contribution in [0.25, 0.3) is 0 Å². The van der Waals surface area contributed by atoms with E-state index in [1.165, 1.54) is 5.56 Å². The van der Waals surface area contributed by atoms with E-state index in [-0.39, 0.29) is 11.3 Å². The van der Waals surface area contributed by atoms with Gasteiger partial charge in [-0.25, -0.2) is 0 Å².